The zero-order chi connectivity index (χ0) is 25.2. The fourth-order valence-corrected chi connectivity index (χ4v) is 5.12. The molecule has 0 bridgehead atoms. The summed E-state index contributed by atoms with van der Waals surface area (Å²) in [7, 11) is 3.32. The average molecular weight is 549 g/mol. The number of nitrogens with zero attached hydrogens (tertiary/aromatic N) is 2. The molecule has 0 spiro atoms. The van der Waals surface area contributed by atoms with E-state index in [9.17, 15) is 19.2 Å². The summed E-state index contributed by atoms with van der Waals surface area (Å²) in [6, 6.07) is 7.79. The Balaban J connectivity index is 1.69. The molecule has 0 saturated carbocycles. The number of anilines is 1. The number of halogens is 1. The zero-order valence-corrected chi connectivity index (χ0v) is 22.2. The Kier molecular flexibility index (Phi) is 8.14. The summed E-state index contributed by atoms with van der Waals surface area (Å²) >= 11 is 4.68. The summed E-state index contributed by atoms with van der Waals surface area (Å²) in [5, 5.41) is 5.76. The molecule has 1 aliphatic heterocycles. The Morgan fingerprint density at radius 3 is 2.41 bits per heavy atom. The molecule has 0 aliphatic carbocycles. The number of benzene rings is 1. The normalized spacial score (nSPS) is 16.5. The van der Waals surface area contributed by atoms with Crippen LogP contribution in [-0.4, -0.2) is 61.3 Å². The largest absolute Gasteiger partial charge is 0.347 e. The molecule has 1 saturated heterocycles. The Hall–Kier alpha value is -2.72. The first-order valence-corrected chi connectivity index (χ1v) is 12.6. The number of hydrogen-bond acceptors (Lipinski definition) is 5. The number of carbonyl (C=O) groups is 4. The molecule has 10 heteroatoms. The van der Waals surface area contributed by atoms with Crippen molar-refractivity contribution in [3.8, 4) is 0 Å². The first-order valence-electron chi connectivity index (χ1n) is 11.0. The lowest BCUT2D eigenvalue weighted by Crippen LogP contribution is -2.49. The van der Waals surface area contributed by atoms with Crippen molar-refractivity contribution in [2.75, 3.05) is 25.5 Å². The first kappa shape index (κ1) is 25.9. The number of hydrogen-bond donors (Lipinski definition) is 2. The van der Waals surface area contributed by atoms with E-state index in [-0.39, 0.29) is 42.0 Å². The van der Waals surface area contributed by atoms with Gasteiger partial charge in [0.15, 0.2) is 0 Å². The van der Waals surface area contributed by atoms with E-state index in [0.717, 1.165) is 3.79 Å². The maximum atomic E-state index is 12.9. The van der Waals surface area contributed by atoms with Crippen LogP contribution in [0.1, 0.15) is 45.9 Å². The third-order valence-corrected chi connectivity index (χ3v) is 7.31. The van der Waals surface area contributed by atoms with Crippen molar-refractivity contribution in [2.24, 2.45) is 5.92 Å². The minimum atomic E-state index is -0.630. The van der Waals surface area contributed by atoms with Crippen LogP contribution in [0.4, 0.5) is 5.69 Å². The molecule has 0 radical (unpaired) electrons. The van der Waals surface area contributed by atoms with E-state index in [1.807, 2.05) is 19.9 Å². The second-order valence-electron chi connectivity index (χ2n) is 8.91. The van der Waals surface area contributed by atoms with Crippen molar-refractivity contribution in [1.29, 1.82) is 0 Å². The molecule has 8 nitrogen and oxygen atoms in total. The molecule has 2 unspecified atom stereocenters. The summed E-state index contributed by atoms with van der Waals surface area (Å²) in [4.78, 5) is 54.1. The average Bonchev–Trinajstić information content (AvgIpc) is 3.36. The van der Waals surface area contributed by atoms with Gasteiger partial charge in [-0.2, -0.15) is 0 Å². The van der Waals surface area contributed by atoms with Gasteiger partial charge in [0.05, 0.1) is 14.7 Å². The van der Waals surface area contributed by atoms with Crippen LogP contribution >= 0.6 is 27.3 Å². The van der Waals surface area contributed by atoms with Crippen LogP contribution in [0.25, 0.3) is 0 Å². The molecule has 1 aliphatic rings. The predicted molar refractivity (Wildman–Crippen MR) is 136 cm³/mol. The number of likely N-dealkylation sites (N-methyl/N-ethyl adjacent to an activating group) is 1. The molecule has 2 heterocycles. The SMILES string of the molecule is Cc1cc(N2CC(NC(=O)c3ccc(Br)s3)CC2=O)ccc1C(=O)NC(C(=O)N(C)C)C(C)C. The topological polar surface area (TPSA) is 98.8 Å². The Morgan fingerprint density at radius 2 is 1.85 bits per heavy atom. The van der Waals surface area contributed by atoms with Gasteiger partial charge in [0.1, 0.15) is 6.04 Å². The van der Waals surface area contributed by atoms with E-state index in [1.54, 1.807) is 50.2 Å². The van der Waals surface area contributed by atoms with Crippen molar-refractivity contribution >= 4 is 56.6 Å². The second-order valence-corrected chi connectivity index (χ2v) is 11.4. The molecular formula is C24H29BrN4O4S. The molecule has 182 valence electrons. The lowest BCUT2D eigenvalue weighted by atomic mass is 10.0. The highest BCUT2D eigenvalue weighted by molar-refractivity contribution is 9.11. The van der Waals surface area contributed by atoms with Crippen molar-refractivity contribution < 1.29 is 19.2 Å². The smallest absolute Gasteiger partial charge is 0.261 e. The van der Waals surface area contributed by atoms with Gasteiger partial charge < -0.3 is 20.4 Å². The van der Waals surface area contributed by atoms with Crippen LogP contribution in [0, 0.1) is 12.8 Å². The van der Waals surface area contributed by atoms with Crippen molar-refractivity contribution in [3.05, 3.63) is 50.1 Å². The van der Waals surface area contributed by atoms with Crippen molar-refractivity contribution in [3.63, 3.8) is 0 Å². The van der Waals surface area contributed by atoms with Crippen LogP contribution in [-0.2, 0) is 9.59 Å². The number of carbonyl (C=O) groups excluding carboxylic acids is 4. The molecule has 2 aromatic rings. The summed E-state index contributed by atoms with van der Waals surface area (Å²) in [6.07, 6.45) is 0.211. The number of rotatable bonds is 7. The number of nitrogens with one attached hydrogen (secondary N) is 2. The molecule has 2 atom stereocenters. The van der Waals surface area contributed by atoms with Gasteiger partial charge in [0, 0.05) is 38.3 Å². The van der Waals surface area contributed by atoms with E-state index in [1.165, 1.54) is 16.2 Å². The lowest BCUT2D eigenvalue weighted by molar-refractivity contribution is -0.131. The molecule has 34 heavy (non-hydrogen) atoms. The van der Waals surface area contributed by atoms with Crippen LogP contribution in [0.15, 0.2) is 34.1 Å². The minimum Gasteiger partial charge on any atom is -0.347 e. The van der Waals surface area contributed by atoms with Gasteiger partial charge in [-0.3, -0.25) is 19.2 Å². The summed E-state index contributed by atoms with van der Waals surface area (Å²) < 4.78 is 0.868. The maximum Gasteiger partial charge on any atom is 0.261 e. The standard InChI is InChI=1S/C24H29BrN4O4S/c1-13(2)21(24(33)28(4)5)27-22(31)17-7-6-16(10-14(17)3)29-12-15(11-20(29)30)26-23(32)18-8-9-19(25)34-18/h6-10,13,15,21H,11-12H2,1-5H3,(H,26,32)(H,27,31). The van der Waals surface area contributed by atoms with E-state index >= 15 is 0 Å². The van der Waals surface area contributed by atoms with Crippen molar-refractivity contribution in [1.82, 2.24) is 15.5 Å². The maximum absolute atomic E-state index is 12.9. The van der Waals surface area contributed by atoms with E-state index < -0.39 is 6.04 Å². The highest BCUT2D eigenvalue weighted by atomic mass is 79.9. The number of amides is 4. The van der Waals surface area contributed by atoms with Crippen molar-refractivity contribution in [2.45, 2.75) is 39.3 Å². The van der Waals surface area contributed by atoms with Gasteiger partial charge in [0.2, 0.25) is 11.8 Å². The van der Waals surface area contributed by atoms with E-state index in [0.29, 0.717) is 28.2 Å². The molecule has 1 aromatic heterocycles. The molecule has 1 fully saturated rings. The highest BCUT2D eigenvalue weighted by Gasteiger charge is 2.32. The Labute approximate surface area is 211 Å². The van der Waals surface area contributed by atoms with Gasteiger partial charge >= 0.3 is 0 Å². The Bertz CT molecular complexity index is 1110. The number of thiophene rings is 1. The zero-order valence-electron chi connectivity index (χ0n) is 19.8. The predicted octanol–water partition coefficient (Wildman–Crippen LogP) is 3.20. The molecule has 1 aromatic carbocycles. The van der Waals surface area contributed by atoms with Gasteiger partial charge in [-0.05, 0) is 64.7 Å². The quantitative estimate of drug-likeness (QED) is 0.555. The van der Waals surface area contributed by atoms with Crippen LogP contribution in [0.3, 0.4) is 0 Å². The minimum absolute atomic E-state index is 0.0666. The number of aryl methyl sites for hydroxylation is 1. The van der Waals surface area contributed by atoms with Crippen LogP contribution in [0.2, 0.25) is 0 Å². The highest BCUT2D eigenvalue weighted by Crippen LogP contribution is 2.26. The summed E-state index contributed by atoms with van der Waals surface area (Å²) in [6.45, 7) is 5.92. The monoisotopic (exact) mass is 548 g/mol. The van der Waals surface area contributed by atoms with Gasteiger partial charge in [0.25, 0.3) is 11.8 Å². The molecule has 4 amide bonds. The fraction of sp³-hybridized carbons (Fsp3) is 0.417. The summed E-state index contributed by atoms with van der Waals surface area (Å²) in [5.41, 5.74) is 1.80. The van der Waals surface area contributed by atoms with Gasteiger partial charge in [-0.25, -0.2) is 0 Å². The fourth-order valence-electron chi connectivity index (χ4n) is 3.83. The second kappa shape index (κ2) is 10.7. The lowest BCUT2D eigenvalue weighted by Gasteiger charge is -2.25. The van der Waals surface area contributed by atoms with E-state index in [2.05, 4.69) is 26.6 Å². The third kappa shape index (κ3) is 5.85. The van der Waals surface area contributed by atoms with E-state index in [4.69, 9.17) is 0 Å². The van der Waals surface area contributed by atoms with Crippen LogP contribution in [0.5, 0.6) is 0 Å². The molecule has 3 rings (SSSR count). The van der Waals surface area contributed by atoms with Gasteiger partial charge in [-0.1, -0.05) is 13.8 Å². The van der Waals surface area contributed by atoms with Crippen LogP contribution < -0.4 is 15.5 Å². The molecule has 2 N–H and O–H groups in total. The molecular weight excluding hydrogens is 520 g/mol. The summed E-state index contributed by atoms with van der Waals surface area (Å²) in [5.74, 6) is -0.861. The Morgan fingerprint density at radius 1 is 1.15 bits per heavy atom. The first-order chi connectivity index (χ1) is 16.0. The third-order valence-electron chi connectivity index (χ3n) is 5.68. The van der Waals surface area contributed by atoms with Gasteiger partial charge in [-0.15, -0.1) is 11.3 Å².